The van der Waals surface area contributed by atoms with Crippen LogP contribution in [0.15, 0.2) is 0 Å². The van der Waals surface area contributed by atoms with E-state index in [0.29, 0.717) is 19.3 Å². The first-order valence-corrected chi connectivity index (χ1v) is 6.29. The van der Waals surface area contributed by atoms with E-state index in [0.717, 1.165) is 19.3 Å². The van der Waals surface area contributed by atoms with Gasteiger partial charge in [-0.1, -0.05) is 26.2 Å². The van der Waals surface area contributed by atoms with Crippen LogP contribution >= 0.6 is 0 Å². The Morgan fingerprint density at radius 3 is 2.47 bits per heavy atom. The fourth-order valence-electron chi connectivity index (χ4n) is 2.29. The fraction of sp³-hybridized carbons (Fsp3) is 0.833. The summed E-state index contributed by atoms with van der Waals surface area (Å²) in [6.45, 7) is 2.11. The summed E-state index contributed by atoms with van der Waals surface area (Å²) in [6, 6.07) is 0. The van der Waals surface area contributed by atoms with Crippen LogP contribution in [0.1, 0.15) is 45.4 Å². The van der Waals surface area contributed by atoms with E-state index in [1.165, 1.54) is 0 Å². The lowest BCUT2D eigenvalue weighted by atomic mass is 9.97. The minimum Gasteiger partial charge on any atom is -0.481 e. The second-order valence-corrected chi connectivity index (χ2v) is 4.90. The first kappa shape index (κ1) is 14.0. The maximum atomic E-state index is 11.9. The number of carboxylic acid groups (broad SMARTS) is 1. The van der Waals surface area contributed by atoms with Gasteiger partial charge in [-0.3, -0.25) is 9.59 Å². The third-order valence-electron chi connectivity index (χ3n) is 3.44. The highest BCUT2D eigenvalue weighted by molar-refractivity contribution is 5.86. The number of nitrogens with one attached hydrogen (secondary N) is 1. The Balaban J connectivity index is 2.43. The smallest absolute Gasteiger partial charge is 0.308 e. The maximum absolute atomic E-state index is 11.9. The number of rotatable bonds is 6. The highest BCUT2D eigenvalue weighted by Crippen LogP contribution is 2.27. The van der Waals surface area contributed by atoms with Crippen molar-refractivity contribution in [2.45, 2.75) is 51.0 Å². The first-order chi connectivity index (χ1) is 7.99. The summed E-state index contributed by atoms with van der Waals surface area (Å²) in [7, 11) is 0. The van der Waals surface area contributed by atoms with Crippen molar-refractivity contribution in [1.82, 2.24) is 5.32 Å². The molecule has 1 amide bonds. The maximum Gasteiger partial charge on any atom is 0.308 e. The summed E-state index contributed by atoms with van der Waals surface area (Å²) in [6.07, 6.45) is 4.71. The summed E-state index contributed by atoms with van der Waals surface area (Å²) < 4.78 is 0. The first-order valence-electron chi connectivity index (χ1n) is 6.29. The van der Waals surface area contributed by atoms with Gasteiger partial charge in [-0.2, -0.15) is 0 Å². The Morgan fingerprint density at radius 1 is 1.41 bits per heavy atom. The van der Waals surface area contributed by atoms with Gasteiger partial charge in [0.1, 0.15) is 0 Å². The van der Waals surface area contributed by atoms with Gasteiger partial charge in [0.25, 0.3) is 0 Å². The molecule has 17 heavy (non-hydrogen) atoms. The molecule has 0 aromatic heterocycles. The largest absolute Gasteiger partial charge is 0.481 e. The van der Waals surface area contributed by atoms with Crippen molar-refractivity contribution in [2.75, 3.05) is 6.54 Å². The third kappa shape index (κ3) is 3.70. The van der Waals surface area contributed by atoms with Gasteiger partial charge in [-0.05, 0) is 19.3 Å². The number of carbonyl (C=O) groups is 2. The molecule has 0 spiro atoms. The summed E-state index contributed by atoms with van der Waals surface area (Å²) >= 11 is 0. The normalized spacial score (nSPS) is 19.9. The van der Waals surface area contributed by atoms with Gasteiger partial charge in [0, 0.05) is 6.54 Å². The van der Waals surface area contributed by atoms with Crippen LogP contribution in [0.4, 0.5) is 0 Å². The third-order valence-corrected chi connectivity index (χ3v) is 3.44. The van der Waals surface area contributed by atoms with Crippen LogP contribution in [-0.4, -0.2) is 29.1 Å². The Morgan fingerprint density at radius 2 is 2.00 bits per heavy atom. The molecule has 98 valence electrons. The number of carboxylic acids is 1. The number of hydrogen-bond acceptors (Lipinski definition) is 3. The number of aliphatic carboxylic acids is 1. The van der Waals surface area contributed by atoms with Crippen LogP contribution in [0.2, 0.25) is 0 Å². The SMILES string of the molecule is CCCC(CNC(=O)C1(N)CCCC1)C(=O)O. The zero-order valence-corrected chi connectivity index (χ0v) is 10.4. The second kappa shape index (κ2) is 6.00. The monoisotopic (exact) mass is 242 g/mol. The molecule has 1 fully saturated rings. The van der Waals surface area contributed by atoms with E-state index in [9.17, 15) is 9.59 Å². The Bertz CT molecular complexity index is 285. The van der Waals surface area contributed by atoms with Crippen LogP contribution in [0, 0.1) is 5.92 Å². The second-order valence-electron chi connectivity index (χ2n) is 4.90. The fourth-order valence-corrected chi connectivity index (χ4v) is 2.29. The molecule has 1 atom stereocenters. The van der Waals surface area contributed by atoms with Gasteiger partial charge >= 0.3 is 5.97 Å². The molecule has 5 nitrogen and oxygen atoms in total. The zero-order chi connectivity index (χ0) is 12.9. The van der Waals surface area contributed by atoms with Crippen LogP contribution in [0.25, 0.3) is 0 Å². The summed E-state index contributed by atoms with van der Waals surface area (Å²) in [4.78, 5) is 22.8. The van der Waals surface area contributed by atoms with Gasteiger partial charge in [0.2, 0.25) is 5.91 Å². The van der Waals surface area contributed by atoms with E-state index in [1.807, 2.05) is 6.92 Å². The van der Waals surface area contributed by atoms with Crippen molar-refractivity contribution in [2.24, 2.45) is 11.7 Å². The van der Waals surface area contributed by atoms with Crippen molar-refractivity contribution in [3.8, 4) is 0 Å². The number of carbonyl (C=O) groups excluding carboxylic acids is 1. The molecule has 0 aliphatic heterocycles. The molecule has 0 aromatic carbocycles. The molecular formula is C12H22N2O3. The molecular weight excluding hydrogens is 220 g/mol. The van der Waals surface area contributed by atoms with Gasteiger partial charge in [-0.25, -0.2) is 0 Å². The van der Waals surface area contributed by atoms with E-state index in [4.69, 9.17) is 10.8 Å². The average Bonchev–Trinajstić information content (AvgIpc) is 2.71. The number of hydrogen-bond donors (Lipinski definition) is 3. The van der Waals surface area contributed by atoms with Crippen LogP contribution in [0.5, 0.6) is 0 Å². The van der Waals surface area contributed by atoms with Gasteiger partial charge in [-0.15, -0.1) is 0 Å². The molecule has 0 heterocycles. The molecule has 1 unspecified atom stereocenters. The van der Waals surface area contributed by atoms with Gasteiger partial charge in [0.15, 0.2) is 0 Å². The zero-order valence-electron chi connectivity index (χ0n) is 10.4. The minimum absolute atomic E-state index is 0.182. The van der Waals surface area contributed by atoms with Gasteiger partial charge in [0.05, 0.1) is 11.5 Å². The number of nitrogens with two attached hydrogens (primary N) is 1. The molecule has 1 rings (SSSR count). The van der Waals surface area contributed by atoms with E-state index >= 15 is 0 Å². The molecule has 4 N–H and O–H groups in total. The topological polar surface area (TPSA) is 92.4 Å². The van der Waals surface area contributed by atoms with E-state index in [2.05, 4.69) is 5.32 Å². The van der Waals surface area contributed by atoms with Gasteiger partial charge < -0.3 is 16.2 Å². The number of amides is 1. The van der Waals surface area contributed by atoms with Crippen molar-refractivity contribution >= 4 is 11.9 Å². The molecule has 0 radical (unpaired) electrons. The minimum atomic E-state index is -0.857. The highest BCUT2D eigenvalue weighted by Gasteiger charge is 2.37. The van der Waals surface area contributed by atoms with Crippen LogP contribution < -0.4 is 11.1 Å². The summed E-state index contributed by atoms with van der Waals surface area (Å²) in [5.41, 5.74) is 5.21. The Hall–Kier alpha value is -1.10. The molecule has 0 aromatic rings. The van der Waals surface area contributed by atoms with E-state index in [-0.39, 0.29) is 12.5 Å². The average molecular weight is 242 g/mol. The van der Waals surface area contributed by atoms with Crippen molar-refractivity contribution < 1.29 is 14.7 Å². The van der Waals surface area contributed by atoms with Crippen molar-refractivity contribution in [3.05, 3.63) is 0 Å². The standard InChI is InChI=1S/C12H22N2O3/c1-2-5-9(10(15)16)8-14-11(17)12(13)6-3-4-7-12/h9H,2-8,13H2,1H3,(H,14,17)(H,15,16). The Kier molecular flexibility index (Phi) is 4.93. The molecule has 5 heteroatoms. The summed E-state index contributed by atoms with van der Waals surface area (Å²) in [5.74, 6) is -1.56. The molecule has 1 saturated carbocycles. The lowest BCUT2D eigenvalue weighted by Crippen LogP contribution is -2.53. The predicted molar refractivity (Wildman–Crippen MR) is 64.4 cm³/mol. The molecule has 1 aliphatic carbocycles. The molecule has 1 aliphatic rings. The Labute approximate surface area is 102 Å². The van der Waals surface area contributed by atoms with E-state index < -0.39 is 17.4 Å². The van der Waals surface area contributed by atoms with Crippen molar-refractivity contribution in [3.63, 3.8) is 0 Å². The summed E-state index contributed by atoms with van der Waals surface area (Å²) in [5, 5.41) is 11.7. The lowest BCUT2D eigenvalue weighted by Gasteiger charge is -2.23. The predicted octanol–water partition coefficient (Wildman–Crippen LogP) is 0.875. The van der Waals surface area contributed by atoms with E-state index in [1.54, 1.807) is 0 Å². The molecule has 0 saturated heterocycles. The highest BCUT2D eigenvalue weighted by atomic mass is 16.4. The molecule has 0 bridgehead atoms. The van der Waals surface area contributed by atoms with Crippen LogP contribution in [0.3, 0.4) is 0 Å². The van der Waals surface area contributed by atoms with Crippen LogP contribution in [-0.2, 0) is 9.59 Å². The van der Waals surface area contributed by atoms with Crippen molar-refractivity contribution in [1.29, 1.82) is 0 Å². The lowest BCUT2D eigenvalue weighted by molar-refractivity contribution is -0.142. The quantitative estimate of drug-likeness (QED) is 0.644.